The lowest BCUT2D eigenvalue weighted by molar-refractivity contribution is -0.384. The first-order valence-corrected chi connectivity index (χ1v) is 8.01. The van der Waals surface area contributed by atoms with Gasteiger partial charge in [0.05, 0.1) is 9.82 Å². The second-order valence-corrected chi connectivity index (χ2v) is 7.05. The number of sulfonamides is 1. The molecule has 0 spiro atoms. The summed E-state index contributed by atoms with van der Waals surface area (Å²) in [5, 5.41) is 10.6. The van der Waals surface area contributed by atoms with Crippen LogP contribution in [0.3, 0.4) is 0 Å². The highest BCUT2D eigenvalue weighted by Crippen LogP contribution is 2.20. The molecular weight excluding hydrogens is 304 g/mol. The topological polar surface area (TPSA) is 80.5 Å². The standard InChI is InChI=1S/C15H16N2O4S/c1-12-4-3-5-13(10-12)11-16(2)22(20,21)15-8-6-14(7-9-15)17(18)19/h3-10H,11H2,1-2H3. The van der Waals surface area contributed by atoms with Crippen LogP contribution in [0.5, 0.6) is 0 Å². The number of non-ortho nitro benzene ring substituents is 1. The summed E-state index contributed by atoms with van der Waals surface area (Å²) in [5.74, 6) is 0. The molecule has 116 valence electrons. The van der Waals surface area contributed by atoms with Crippen LogP contribution in [0.4, 0.5) is 5.69 Å². The van der Waals surface area contributed by atoms with Crippen LogP contribution in [-0.2, 0) is 16.6 Å². The van der Waals surface area contributed by atoms with E-state index in [4.69, 9.17) is 0 Å². The molecule has 0 aromatic heterocycles. The molecule has 0 aliphatic rings. The van der Waals surface area contributed by atoms with Crippen LogP contribution < -0.4 is 0 Å². The third kappa shape index (κ3) is 3.49. The van der Waals surface area contributed by atoms with Crippen molar-refractivity contribution in [3.05, 3.63) is 69.8 Å². The predicted molar refractivity (Wildman–Crippen MR) is 82.9 cm³/mol. The van der Waals surface area contributed by atoms with Crippen molar-refractivity contribution in [3.8, 4) is 0 Å². The monoisotopic (exact) mass is 320 g/mol. The van der Waals surface area contributed by atoms with E-state index in [1.165, 1.54) is 35.6 Å². The Hall–Kier alpha value is -2.25. The van der Waals surface area contributed by atoms with Crippen LogP contribution in [0.15, 0.2) is 53.4 Å². The normalized spacial score (nSPS) is 11.6. The van der Waals surface area contributed by atoms with Crippen molar-refractivity contribution in [2.75, 3.05) is 7.05 Å². The molecule has 0 aliphatic carbocycles. The number of aryl methyl sites for hydroxylation is 1. The van der Waals surface area contributed by atoms with Gasteiger partial charge in [0.25, 0.3) is 5.69 Å². The van der Waals surface area contributed by atoms with E-state index in [1.54, 1.807) is 0 Å². The van der Waals surface area contributed by atoms with Crippen LogP contribution in [0.2, 0.25) is 0 Å². The molecule has 0 N–H and O–H groups in total. The molecule has 0 radical (unpaired) electrons. The van der Waals surface area contributed by atoms with Gasteiger partial charge in [-0.1, -0.05) is 29.8 Å². The molecule has 0 saturated carbocycles. The smallest absolute Gasteiger partial charge is 0.258 e. The van der Waals surface area contributed by atoms with Crippen molar-refractivity contribution in [3.63, 3.8) is 0 Å². The molecular formula is C15H16N2O4S. The summed E-state index contributed by atoms with van der Waals surface area (Å²) in [7, 11) is -2.20. The van der Waals surface area contributed by atoms with Crippen molar-refractivity contribution in [2.45, 2.75) is 18.4 Å². The van der Waals surface area contributed by atoms with E-state index >= 15 is 0 Å². The molecule has 0 atom stereocenters. The van der Waals surface area contributed by atoms with Gasteiger partial charge in [-0.3, -0.25) is 10.1 Å². The maximum atomic E-state index is 12.5. The highest BCUT2D eigenvalue weighted by Gasteiger charge is 2.21. The first kappa shape index (κ1) is 16.1. The van der Waals surface area contributed by atoms with Crippen LogP contribution in [-0.4, -0.2) is 24.7 Å². The van der Waals surface area contributed by atoms with E-state index in [0.29, 0.717) is 0 Å². The minimum absolute atomic E-state index is 0.0354. The van der Waals surface area contributed by atoms with Crippen molar-refractivity contribution in [2.24, 2.45) is 0 Å². The zero-order valence-corrected chi connectivity index (χ0v) is 13.1. The molecule has 0 fully saturated rings. The number of nitro groups is 1. The van der Waals surface area contributed by atoms with Crippen LogP contribution in [0.25, 0.3) is 0 Å². The fourth-order valence-electron chi connectivity index (χ4n) is 2.07. The van der Waals surface area contributed by atoms with Crippen LogP contribution >= 0.6 is 0 Å². The van der Waals surface area contributed by atoms with Gasteiger partial charge in [0.2, 0.25) is 10.0 Å². The molecule has 7 heteroatoms. The van der Waals surface area contributed by atoms with Crippen molar-refractivity contribution in [1.82, 2.24) is 4.31 Å². The largest absolute Gasteiger partial charge is 0.269 e. The van der Waals surface area contributed by atoms with E-state index in [0.717, 1.165) is 11.1 Å². The van der Waals surface area contributed by atoms with Crippen LogP contribution in [0.1, 0.15) is 11.1 Å². The molecule has 6 nitrogen and oxygen atoms in total. The fraction of sp³-hybridized carbons (Fsp3) is 0.200. The van der Waals surface area contributed by atoms with Gasteiger partial charge in [-0.2, -0.15) is 4.31 Å². The van der Waals surface area contributed by atoms with E-state index < -0.39 is 14.9 Å². The lowest BCUT2D eigenvalue weighted by Gasteiger charge is -2.17. The highest BCUT2D eigenvalue weighted by atomic mass is 32.2. The molecule has 2 rings (SSSR count). The average molecular weight is 320 g/mol. The Morgan fingerprint density at radius 2 is 1.77 bits per heavy atom. The van der Waals surface area contributed by atoms with Gasteiger partial charge in [0.15, 0.2) is 0 Å². The summed E-state index contributed by atoms with van der Waals surface area (Å²) < 4.78 is 26.1. The van der Waals surface area contributed by atoms with Crippen molar-refractivity contribution >= 4 is 15.7 Å². The first-order chi connectivity index (χ1) is 10.3. The van der Waals surface area contributed by atoms with Gasteiger partial charge >= 0.3 is 0 Å². The molecule has 0 bridgehead atoms. The van der Waals surface area contributed by atoms with Gasteiger partial charge in [-0.15, -0.1) is 0 Å². The maximum absolute atomic E-state index is 12.5. The van der Waals surface area contributed by atoms with Crippen molar-refractivity contribution < 1.29 is 13.3 Å². The molecule has 0 heterocycles. The third-order valence-corrected chi connectivity index (χ3v) is 5.06. The Balaban J connectivity index is 2.23. The lowest BCUT2D eigenvalue weighted by Crippen LogP contribution is -2.26. The zero-order valence-electron chi connectivity index (χ0n) is 12.3. The van der Waals surface area contributed by atoms with Gasteiger partial charge < -0.3 is 0 Å². The van der Waals surface area contributed by atoms with E-state index in [1.807, 2.05) is 31.2 Å². The average Bonchev–Trinajstić information content (AvgIpc) is 2.47. The van der Waals surface area contributed by atoms with E-state index in [2.05, 4.69) is 0 Å². The summed E-state index contributed by atoms with van der Waals surface area (Å²) in [5.41, 5.74) is 1.80. The molecule has 0 aliphatic heterocycles. The number of rotatable bonds is 5. The van der Waals surface area contributed by atoms with E-state index in [9.17, 15) is 18.5 Å². The summed E-state index contributed by atoms with van der Waals surface area (Å²) in [6.07, 6.45) is 0. The Labute approximate surface area is 129 Å². The number of hydrogen-bond acceptors (Lipinski definition) is 4. The Kier molecular flexibility index (Phi) is 4.58. The number of hydrogen-bond donors (Lipinski definition) is 0. The third-order valence-electron chi connectivity index (χ3n) is 3.24. The van der Waals surface area contributed by atoms with Crippen molar-refractivity contribution in [1.29, 1.82) is 0 Å². The molecule has 0 amide bonds. The summed E-state index contributed by atoms with van der Waals surface area (Å²) >= 11 is 0. The van der Waals surface area contributed by atoms with Gasteiger partial charge in [-0.25, -0.2) is 8.42 Å². The Morgan fingerprint density at radius 1 is 1.14 bits per heavy atom. The van der Waals surface area contributed by atoms with Gasteiger partial charge in [0.1, 0.15) is 0 Å². The predicted octanol–water partition coefficient (Wildman–Crippen LogP) is 2.72. The fourth-order valence-corrected chi connectivity index (χ4v) is 3.23. The van der Waals surface area contributed by atoms with Gasteiger partial charge in [0, 0.05) is 25.7 Å². The Morgan fingerprint density at radius 3 is 2.32 bits per heavy atom. The molecule has 22 heavy (non-hydrogen) atoms. The molecule has 2 aromatic carbocycles. The van der Waals surface area contributed by atoms with Gasteiger partial charge in [-0.05, 0) is 24.6 Å². The molecule has 0 saturated heterocycles. The number of nitro benzene ring substituents is 1. The Bertz CT molecular complexity index is 785. The molecule has 0 unspecified atom stereocenters. The quantitative estimate of drug-likeness (QED) is 0.626. The number of nitrogens with zero attached hydrogens (tertiary/aromatic N) is 2. The van der Waals surface area contributed by atoms with E-state index in [-0.39, 0.29) is 17.1 Å². The molecule has 2 aromatic rings. The SMILES string of the molecule is Cc1cccc(CN(C)S(=O)(=O)c2ccc([N+](=O)[O-])cc2)c1. The minimum atomic E-state index is -3.68. The second kappa shape index (κ2) is 6.25. The first-order valence-electron chi connectivity index (χ1n) is 6.57. The number of benzene rings is 2. The zero-order chi connectivity index (χ0) is 16.3. The summed E-state index contributed by atoms with van der Waals surface area (Å²) in [6, 6.07) is 12.5. The second-order valence-electron chi connectivity index (χ2n) is 5.00. The summed E-state index contributed by atoms with van der Waals surface area (Å²) in [6.45, 7) is 2.18. The van der Waals surface area contributed by atoms with Crippen LogP contribution in [0, 0.1) is 17.0 Å². The minimum Gasteiger partial charge on any atom is -0.258 e. The maximum Gasteiger partial charge on any atom is 0.269 e. The highest BCUT2D eigenvalue weighted by molar-refractivity contribution is 7.89. The lowest BCUT2D eigenvalue weighted by atomic mass is 10.1. The summed E-state index contributed by atoms with van der Waals surface area (Å²) in [4.78, 5) is 10.1.